The summed E-state index contributed by atoms with van der Waals surface area (Å²) in [6.45, 7) is 6.22. The number of rotatable bonds is 4. The Morgan fingerprint density at radius 3 is 2.85 bits per heavy atom. The lowest BCUT2D eigenvalue weighted by Crippen LogP contribution is -2.33. The third-order valence-corrected chi connectivity index (χ3v) is 4.59. The Balaban J connectivity index is 1.93. The minimum atomic E-state index is -0.130. The molecule has 1 fully saturated rings. The van der Waals surface area contributed by atoms with E-state index in [0.717, 1.165) is 29.7 Å². The van der Waals surface area contributed by atoms with Crippen molar-refractivity contribution in [2.75, 3.05) is 6.54 Å². The maximum absolute atomic E-state index is 13.1. The molecule has 0 radical (unpaired) electrons. The van der Waals surface area contributed by atoms with Crippen molar-refractivity contribution in [2.24, 2.45) is 0 Å². The predicted molar refractivity (Wildman–Crippen MR) is 96.3 cm³/mol. The van der Waals surface area contributed by atoms with Crippen LogP contribution in [0.3, 0.4) is 0 Å². The lowest BCUT2D eigenvalue weighted by molar-refractivity contribution is -0.119. The van der Waals surface area contributed by atoms with Gasteiger partial charge in [0.1, 0.15) is 11.5 Å². The molecule has 136 valence electrons. The Morgan fingerprint density at radius 1 is 1.31 bits per heavy atom. The van der Waals surface area contributed by atoms with Crippen LogP contribution in [-0.2, 0) is 11.3 Å². The van der Waals surface area contributed by atoms with Crippen LogP contribution in [0, 0.1) is 13.8 Å². The van der Waals surface area contributed by atoms with Gasteiger partial charge in [-0.05, 0) is 38.3 Å². The molecule has 0 saturated carbocycles. The van der Waals surface area contributed by atoms with E-state index in [1.54, 1.807) is 12.4 Å². The van der Waals surface area contributed by atoms with Crippen LogP contribution >= 0.6 is 0 Å². The highest BCUT2D eigenvalue weighted by Crippen LogP contribution is 2.34. The smallest absolute Gasteiger partial charge is 0.273 e. The normalized spacial score (nSPS) is 16.6. The second-order valence-electron chi connectivity index (χ2n) is 6.56. The molecule has 2 aromatic heterocycles. The number of aromatic nitrogens is 3. The quantitative estimate of drug-likeness (QED) is 0.909. The van der Waals surface area contributed by atoms with Crippen LogP contribution in [0.25, 0.3) is 0 Å². The molecule has 0 bridgehead atoms. The fourth-order valence-corrected chi connectivity index (χ4v) is 3.30. The largest absolute Gasteiger partial charge is 0.352 e. The number of hydrogen-bond donors (Lipinski definition) is 1. The van der Waals surface area contributed by atoms with Crippen LogP contribution in [0.1, 0.15) is 58.9 Å². The Morgan fingerprint density at radius 2 is 2.12 bits per heavy atom. The van der Waals surface area contributed by atoms with E-state index in [4.69, 9.17) is 0 Å². The van der Waals surface area contributed by atoms with Gasteiger partial charge in [-0.2, -0.15) is 0 Å². The van der Waals surface area contributed by atoms with Gasteiger partial charge in [-0.25, -0.2) is 9.97 Å². The molecule has 7 nitrogen and oxygen atoms in total. The lowest BCUT2D eigenvalue weighted by Gasteiger charge is -2.26. The van der Waals surface area contributed by atoms with Crippen LogP contribution in [-0.4, -0.2) is 38.2 Å². The molecular weight excluding hydrogens is 330 g/mol. The van der Waals surface area contributed by atoms with Crippen molar-refractivity contribution >= 4 is 11.8 Å². The first-order chi connectivity index (χ1) is 12.5. The third kappa shape index (κ3) is 3.71. The van der Waals surface area contributed by atoms with E-state index in [1.165, 1.54) is 6.92 Å². The third-order valence-electron chi connectivity index (χ3n) is 4.59. The van der Waals surface area contributed by atoms with Gasteiger partial charge in [-0.15, -0.1) is 0 Å². The number of aryl methyl sites for hydroxylation is 2. The van der Waals surface area contributed by atoms with Crippen molar-refractivity contribution in [3.63, 3.8) is 0 Å². The van der Waals surface area contributed by atoms with Crippen LogP contribution in [0.2, 0.25) is 0 Å². The highest BCUT2D eigenvalue weighted by molar-refractivity contribution is 5.94. The summed E-state index contributed by atoms with van der Waals surface area (Å²) >= 11 is 0. The van der Waals surface area contributed by atoms with E-state index >= 15 is 0 Å². The number of likely N-dealkylation sites (tertiary alicyclic amines) is 1. The molecule has 2 amide bonds. The first kappa shape index (κ1) is 18.0. The molecule has 1 unspecified atom stereocenters. The number of nitrogens with zero attached hydrogens (tertiary/aromatic N) is 4. The van der Waals surface area contributed by atoms with E-state index in [1.807, 2.05) is 30.9 Å². The Hall–Kier alpha value is -2.83. The van der Waals surface area contributed by atoms with Gasteiger partial charge in [-0.3, -0.25) is 14.6 Å². The Kier molecular flexibility index (Phi) is 5.25. The minimum absolute atomic E-state index is 0.0765. The van der Waals surface area contributed by atoms with E-state index < -0.39 is 0 Å². The molecule has 0 spiro atoms. The van der Waals surface area contributed by atoms with E-state index in [9.17, 15) is 9.59 Å². The summed E-state index contributed by atoms with van der Waals surface area (Å²) in [5.41, 5.74) is 2.99. The fourth-order valence-electron chi connectivity index (χ4n) is 3.30. The van der Waals surface area contributed by atoms with Crippen molar-refractivity contribution < 1.29 is 9.59 Å². The predicted octanol–water partition coefficient (Wildman–Crippen LogP) is 2.10. The molecular formula is C19H23N5O2. The molecule has 3 rings (SSSR count). The first-order valence-electron chi connectivity index (χ1n) is 8.77. The van der Waals surface area contributed by atoms with Crippen LogP contribution in [0.4, 0.5) is 0 Å². The Bertz CT molecular complexity index is 836. The van der Waals surface area contributed by atoms with Gasteiger partial charge < -0.3 is 10.2 Å². The standard InChI is InChI=1S/C19H23N5O2/c1-12-6-4-8-20-17(12)19(26)24-9-5-7-16(24)18-15(11-22-14(3)25)10-21-13(2)23-18/h4,6,8,10,16H,5,7,9,11H2,1-3H3,(H,22,25). The van der Waals surface area contributed by atoms with Gasteiger partial charge in [0, 0.05) is 38.0 Å². The molecule has 3 heterocycles. The molecule has 1 atom stereocenters. The van der Waals surface area contributed by atoms with Crippen molar-refractivity contribution in [3.8, 4) is 0 Å². The maximum Gasteiger partial charge on any atom is 0.273 e. The molecule has 1 saturated heterocycles. The van der Waals surface area contributed by atoms with Crippen LogP contribution in [0.5, 0.6) is 0 Å². The second-order valence-corrected chi connectivity index (χ2v) is 6.56. The molecule has 26 heavy (non-hydrogen) atoms. The van der Waals surface area contributed by atoms with Crippen molar-refractivity contribution in [1.82, 2.24) is 25.2 Å². The molecule has 2 aromatic rings. The molecule has 0 aromatic carbocycles. The lowest BCUT2D eigenvalue weighted by atomic mass is 10.0. The second kappa shape index (κ2) is 7.59. The van der Waals surface area contributed by atoms with Gasteiger partial charge in [0.25, 0.3) is 5.91 Å². The summed E-state index contributed by atoms with van der Waals surface area (Å²) in [6.07, 6.45) is 5.12. The topological polar surface area (TPSA) is 88.1 Å². The number of nitrogens with one attached hydrogen (secondary N) is 1. The van der Waals surface area contributed by atoms with Crippen LogP contribution in [0.15, 0.2) is 24.5 Å². The Labute approximate surface area is 152 Å². The summed E-state index contributed by atoms with van der Waals surface area (Å²) in [5, 5.41) is 2.80. The molecule has 7 heteroatoms. The zero-order chi connectivity index (χ0) is 18.7. The SMILES string of the molecule is CC(=O)NCc1cnc(C)nc1C1CCCN1C(=O)c1ncccc1C. The number of pyridine rings is 1. The first-order valence-corrected chi connectivity index (χ1v) is 8.77. The van der Waals surface area contributed by atoms with Crippen molar-refractivity contribution in [1.29, 1.82) is 0 Å². The summed E-state index contributed by atoms with van der Waals surface area (Å²) < 4.78 is 0. The van der Waals surface area contributed by atoms with E-state index in [0.29, 0.717) is 24.6 Å². The number of carbonyl (C=O) groups excluding carboxylic acids is 2. The zero-order valence-electron chi connectivity index (χ0n) is 15.3. The monoisotopic (exact) mass is 353 g/mol. The summed E-state index contributed by atoms with van der Waals surface area (Å²) in [6, 6.07) is 3.59. The average molecular weight is 353 g/mol. The number of amides is 2. The average Bonchev–Trinajstić information content (AvgIpc) is 3.10. The molecule has 1 aliphatic heterocycles. The van der Waals surface area contributed by atoms with Gasteiger partial charge >= 0.3 is 0 Å². The molecule has 1 N–H and O–H groups in total. The number of carbonyl (C=O) groups is 2. The van der Waals surface area contributed by atoms with Crippen molar-refractivity contribution in [3.05, 3.63) is 52.9 Å². The fraction of sp³-hybridized carbons (Fsp3) is 0.421. The highest BCUT2D eigenvalue weighted by atomic mass is 16.2. The van der Waals surface area contributed by atoms with Gasteiger partial charge in [0.05, 0.1) is 11.7 Å². The van der Waals surface area contributed by atoms with Gasteiger partial charge in [0.2, 0.25) is 5.91 Å². The van der Waals surface area contributed by atoms with Gasteiger partial charge in [0.15, 0.2) is 0 Å². The van der Waals surface area contributed by atoms with E-state index in [2.05, 4.69) is 20.3 Å². The summed E-state index contributed by atoms with van der Waals surface area (Å²) in [7, 11) is 0. The summed E-state index contributed by atoms with van der Waals surface area (Å²) in [5.74, 6) is 0.465. The summed E-state index contributed by atoms with van der Waals surface area (Å²) in [4.78, 5) is 39.3. The van der Waals surface area contributed by atoms with E-state index in [-0.39, 0.29) is 17.9 Å². The molecule has 1 aliphatic rings. The van der Waals surface area contributed by atoms with Crippen LogP contribution < -0.4 is 5.32 Å². The highest BCUT2D eigenvalue weighted by Gasteiger charge is 2.34. The maximum atomic E-state index is 13.1. The van der Waals surface area contributed by atoms with Gasteiger partial charge in [-0.1, -0.05) is 6.07 Å². The minimum Gasteiger partial charge on any atom is -0.352 e. The van der Waals surface area contributed by atoms with Crippen molar-refractivity contribution in [2.45, 2.75) is 46.2 Å². The number of hydrogen-bond acceptors (Lipinski definition) is 5. The molecule has 0 aliphatic carbocycles. The zero-order valence-corrected chi connectivity index (χ0v) is 15.3.